The number of pyridine rings is 1. The summed E-state index contributed by atoms with van der Waals surface area (Å²) in [7, 11) is 3.19. The third-order valence-corrected chi connectivity index (χ3v) is 3.32. The van der Waals surface area contributed by atoms with Crippen molar-refractivity contribution in [1.82, 2.24) is 20.1 Å². The Hall–Kier alpha value is -2.83. The first-order valence-electron chi connectivity index (χ1n) is 6.43. The zero-order chi connectivity index (χ0) is 15.0. The molecule has 0 fully saturated rings. The number of hydrogen-bond acceptors (Lipinski definition) is 5. The average molecular weight is 285 g/mol. The second-order valence-corrected chi connectivity index (χ2v) is 4.63. The highest BCUT2D eigenvalue weighted by molar-refractivity contribution is 5.97. The molecule has 0 aliphatic rings. The molecule has 1 aromatic carbocycles. The van der Waals surface area contributed by atoms with Crippen molar-refractivity contribution in [2.24, 2.45) is 0 Å². The maximum absolute atomic E-state index is 11.5. The van der Waals surface area contributed by atoms with Gasteiger partial charge >= 0.3 is 0 Å². The fraction of sp³-hybridized carbons (Fsp3) is 0.214. The molecular formula is C14H15N5O2. The first-order valence-corrected chi connectivity index (χ1v) is 6.43. The van der Waals surface area contributed by atoms with Gasteiger partial charge < -0.3 is 15.8 Å². The molecule has 3 N–H and O–H groups in total. The maximum atomic E-state index is 11.5. The summed E-state index contributed by atoms with van der Waals surface area (Å²) >= 11 is 0. The monoisotopic (exact) mass is 285 g/mol. The Morgan fingerprint density at radius 3 is 2.95 bits per heavy atom. The SMILES string of the molecule is CNC(=O)Cn1nc(N)c2cc3cc(OC)ccc3nc21. The smallest absolute Gasteiger partial charge is 0.241 e. The van der Waals surface area contributed by atoms with Crippen LogP contribution in [0.25, 0.3) is 21.9 Å². The molecule has 3 rings (SSSR count). The number of hydrogen-bond donors (Lipinski definition) is 2. The van der Waals surface area contributed by atoms with Crippen LogP contribution in [0.15, 0.2) is 24.3 Å². The Morgan fingerprint density at radius 2 is 2.24 bits per heavy atom. The second kappa shape index (κ2) is 4.93. The van der Waals surface area contributed by atoms with E-state index in [0.29, 0.717) is 11.5 Å². The van der Waals surface area contributed by atoms with E-state index in [9.17, 15) is 4.79 Å². The minimum atomic E-state index is -0.156. The molecule has 1 amide bonds. The van der Waals surface area contributed by atoms with Gasteiger partial charge in [0.2, 0.25) is 5.91 Å². The van der Waals surface area contributed by atoms with Crippen LogP contribution in [0, 0.1) is 0 Å². The van der Waals surface area contributed by atoms with Crippen LogP contribution in [-0.4, -0.2) is 34.8 Å². The summed E-state index contributed by atoms with van der Waals surface area (Å²) < 4.78 is 6.71. The van der Waals surface area contributed by atoms with Crippen LogP contribution < -0.4 is 15.8 Å². The summed E-state index contributed by atoms with van der Waals surface area (Å²) in [5.41, 5.74) is 7.31. The van der Waals surface area contributed by atoms with Crippen LogP contribution in [0.3, 0.4) is 0 Å². The molecule has 0 bridgehead atoms. The highest BCUT2D eigenvalue weighted by Crippen LogP contribution is 2.26. The molecule has 0 saturated heterocycles. The molecule has 2 heterocycles. The predicted molar refractivity (Wildman–Crippen MR) is 80.1 cm³/mol. The van der Waals surface area contributed by atoms with E-state index in [-0.39, 0.29) is 12.5 Å². The number of nitrogens with two attached hydrogens (primary N) is 1. The van der Waals surface area contributed by atoms with Crippen molar-refractivity contribution in [3.8, 4) is 5.75 Å². The van der Waals surface area contributed by atoms with Gasteiger partial charge in [0, 0.05) is 12.4 Å². The lowest BCUT2D eigenvalue weighted by Gasteiger charge is -2.04. The number of nitrogen functional groups attached to an aromatic ring is 1. The molecule has 7 heteroatoms. The average Bonchev–Trinajstić information content (AvgIpc) is 2.80. The first-order chi connectivity index (χ1) is 10.1. The molecule has 0 atom stereocenters. The van der Waals surface area contributed by atoms with Crippen molar-refractivity contribution >= 4 is 33.7 Å². The van der Waals surface area contributed by atoms with Gasteiger partial charge in [-0.2, -0.15) is 5.10 Å². The molecule has 0 radical (unpaired) electrons. The highest BCUT2D eigenvalue weighted by Gasteiger charge is 2.13. The van der Waals surface area contributed by atoms with Gasteiger partial charge in [0.05, 0.1) is 18.0 Å². The minimum absolute atomic E-state index is 0.0822. The number of fused-ring (bicyclic) bond motifs is 2. The molecule has 2 aromatic heterocycles. The predicted octanol–water partition coefficient (Wildman–Crippen LogP) is 0.921. The number of ether oxygens (including phenoxy) is 1. The van der Waals surface area contributed by atoms with Crippen LogP contribution in [-0.2, 0) is 11.3 Å². The molecular weight excluding hydrogens is 270 g/mol. The van der Waals surface area contributed by atoms with Crippen LogP contribution in [0.1, 0.15) is 0 Å². The molecule has 21 heavy (non-hydrogen) atoms. The Labute approximate surface area is 120 Å². The summed E-state index contributed by atoms with van der Waals surface area (Å²) in [6.45, 7) is 0.0822. The van der Waals surface area contributed by atoms with E-state index in [4.69, 9.17) is 10.5 Å². The number of anilines is 1. The van der Waals surface area contributed by atoms with Gasteiger partial charge in [-0.1, -0.05) is 0 Å². The van der Waals surface area contributed by atoms with E-state index in [1.807, 2.05) is 24.3 Å². The molecule has 0 aliphatic heterocycles. The quantitative estimate of drug-likeness (QED) is 0.746. The van der Waals surface area contributed by atoms with Crippen LogP contribution in [0.4, 0.5) is 5.82 Å². The Bertz CT molecular complexity index is 840. The number of nitrogens with one attached hydrogen (secondary N) is 1. The topological polar surface area (TPSA) is 95.1 Å². The molecule has 7 nitrogen and oxygen atoms in total. The standard InChI is InChI=1S/C14H15N5O2/c1-16-12(20)7-19-14-10(13(15)18-19)6-8-5-9(21-2)3-4-11(8)17-14/h3-6H,7H2,1-2H3,(H2,15,18)(H,16,20). The molecule has 0 aliphatic carbocycles. The number of amides is 1. The molecule has 0 unspecified atom stereocenters. The van der Waals surface area contributed by atoms with Crippen LogP contribution >= 0.6 is 0 Å². The Morgan fingerprint density at radius 1 is 1.43 bits per heavy atom. The summed E-state index contributed by atoms with van der Waals surface area (Å²) in [6.07, 6.45) is 0. The third kappa shape index (κ3) is 2.22. The zero-order valence-electron chi connectivity index (χ0n) is 11.8. The van der Waals surface area contributed by atoms with Crippen molar-refractivity contribution in [3.63, 3.8) is 0 Å². The van der Waals surface area contributed by atoms with Crippen molar-refractivity contribution in [3.05, 3.63) is 24.3 Å². The van der Waals surface area contributed by atoms with Gasteiger partial charge in [-0.3, -0.25) is 4.79 Å². The molecule has 3 aromatic rings. The van der Waals surface area contributed by atoms with Crippen LogP contribution in [0.5, 0.6) is 5.75 Å². The normalized spacial score (nSPS) is 11.0. The molecule has 108 valence electrons. The van der Waals surface area contributed by atoms with Crippen molar-refractivity contribution in [2.75, 3.05) is 19.9 Å². The van der Waals surface area contributed by atoms with E-state index in [0.717, 1.165) is 22.0 Å². The summed E-state index contributed by atoms with van der Waals surface area (Å²) in [5, 5.41) is 8.37. The fourth-order valence-electron chi connectivity index (χ4n) is 2.21. The van der Waals surface area contributed by atoms with E-state index in [1.165, 1.54) is 4.68 Å². The Balaban J connectivity index is 2.20. The van der Waals surface area contributed by atoms with Crippen molar-refractivity contribution in [2.45, 2.75) is 6.54 Å². The number of likely N-dealkylation sites (N-methyl/N-ethyl adjacent to an activating group) is 1. The molecule has 0 spiro atoms. The van der Waals surface area contributed by atoms with E-state index < -0.39 is 0 Å². The summed E-state index contributed by atoms with van der Waals surface area (Å²) in [6, 6.07) is 7.49. The minimum Gasteiger partial charge on any atom is -0.497 e. The second-order valence-electron chi connectivity index (χ2n) is 4.63. The van der Waals surface area contributed by atoms with Gasteiger partial charge in [-0.25, -0.2) is 9.67 Å². The van der Waals surface area contributed by atoms with Gasteiger partial charge in [0.1, 0.15) is 12.3 Å². The number of carbonyl (C=O) groups is 1. The number of nitrogens with zero attached hydrogens (tertiary/aromatic N) is 3. The van der Waals surface area contributed by atoms with E-state index >= 15 is 0 Å². The van der Waals surface area contributed by atoms with Crippen molar-refractivity contribution in [1.29, 1.82) is 0 Å². The fourth-order valence-corrected chi connectivity index (χ4v) is 2.21. The molecule has 0 saturated carbocycles. The number of rotatable bonds is 3. The number of benzene rings is 1. The van der Waals surface area contributed by atoms with E-state index in [2.05, 4.69) is 15.4 Å². The lowest BCUT2D eigenvalue weighted by atomic mass is 10.2. The lowest BCUT2D eigenvalue weighted by molar-refractivity contribution is -0.121. The Kier molecular flexibility index (Phi) is 3.09. The summed E-state index contributed by atoms with van der Waals surface area (Å²) in [4.78, 5) is 16.1. The number of carbonyl (C=O) groups excluding carboxylic acids is 1. The summed E-state index contributed by atoms with van der Waals surface area (Å²) in [5.74, 6) is 0.946. The maximum Gasteiger partial charge on any atom is 0.241 e. The third-order valence-electron chi connectivity index (χ3n) is 3.32. The van der Waals surface area contributed by atoms with Gasteiger partial charge in [-0.05, 0) is 24.3 Å². The first kappa shape index (κ1) is 13.2. The largest absolute Gasteiger partial charge is 0.497 e. The van der Waals surface area contributed by atoms with Crippen LogP contribution in [0.2, 0.25) is 0 Å². The van der Waals surface area contributed by atoms with Gasteiger partial charge in [0.25, 0.3) is 0 Å². The highest BCUT2D eigenvalue weighted by atomic mass is 16.5. The van der Waals surface area contributed by atoms with E-state index in [1.54, 1.807) is 14.2 Å². The number of aromatic nitrogens is 3. The lowest BCUT2D eigenvalue weighted by Crippen LogP contribution is -2.24. The zero-order valence-corrected chi connectivity index (χ0v) is 11.8. The van der Waals surface area contributed by atoms with Gasteiger partial charge in [0.15, 0.2) is 11.5 Å². The van der Waals surface area contributed by atoms with Gasteiger partial charge in [-0.15, -0.1) is 0 Å². The number of methoxy groups -OCH3 is 1. The van der Waals surface area contributed by atoms with Crippen molar-refractivity contribution < 1.29 is 9.53 Å².